The van der Waals surface area contributed by atoms with Crippen molar-refractivity contribution in [3.8, 4) is 16.9 Å². The number of thiophene rings is 1. The fraction of sp³-hybridized carbons (Fsp3) is 0.182. The van der Waals surface area contributed by atoms with Crippen molar-refractivity contribution in [1.82, 2.24) is 0 Å². The molecule has 1 N–H and O–H groups in total. The molecule has 0 spiro atoms. The van der Waals surface area contributed by atoms with Crippen LogP contribution in [-0.2, 0) is 4.74 Å². The summed E-state index contributed by atoms with van der Waals surface area (Å²) in [6, 6.07) is 16.4. The van der Waals surface area contributed by atoms with Crippen molar-refractivity contribution in [2.45, 2.75) is 13.8 Å². The first-order valence-corrected chi connectivity index (χ1v) is 9.90. The molecule has 144 valence electrons. The van der Waals surface area contributed by atoms with E-state index in [9.17, 15) is 9.59 Å². The molecule has 1 amide bonds. The Morgan fingerprint density at radius 1 is 0.964 bits per heavy atom. The van der Waals surface area contributed by atoms with E-state index in [0.717, 1.165) is 16.9 Å². The monoisotopic (exact) mass is 395 g/mol. The fourth-order valence-electron chi connectivity index (χ4n) is 2.73. The van der Waals surface area contributed by atoms with E-state index in [1.54, 1.807) is 31.2 Å². The van der Waals surface area contributed by atoms with Crippen molar-refractivity contribution in [3.63, 3.8) is 0 Å². The number of ether oxygens (including phenoxy) is 2. The first kappa shape index (κ1) is 19.6. The van der Waals surface area contributed by atoms with Gasteiger partial charge in [-0.2, -0.15) is 0 Å². The van der Waals surface area contributed by atoms with Crippen molar-refractivity contribution >= 4 is 28.2 Å². The van der Waals surface area contributed by atoms with E-state index < -0.39 is 5.97 Å². The Balaban J connectivity index is 1.95. The third-order valence-electron chi connectivity index (χ3n) is 4.01. The molecule has 0 atom stereocenters. The van der Waals surface area contributed by atoms with Crippen molar-refractivity contribution in [2.24, 2.45) is 0 Å². The zero-order chi connectivity index (χ0) is 19.9. The smallest absolute Gasteiger partial charge is 0.341 e. The molecule has 0 aliphatic carbocycles. The Labute approximate surface area is 167 Å². The highest BCUT2D eigenvalue weighted by Crippen LogP contribution is 2.37. The Bertz CT molecular complexity index is 948. The molecule has 0 saturated heterocycles. The van der Waals surface area contributed by atoms with Crippen LogP contribution in [-0.4, -0.2) is 25.1 Å². The average Bonchev–Trinajstić information content (AvgIpc) is 3.13. The molecular formula is C22H21NO4S. The van der Waals surface area contributed by atoms with Crippen molar-refractivity contribution in [2.75, 3.05) is 18.5 Å². The maximum atomic E-state index is 12.6. The lowest BCUT2D eigenvalue weighted by molar-refractivity contribution is 0.0529. The molecule has 0 bridgehead atoms. The van der Waals surface area contributed by atoms with Gasteiger partial charge >= 0.3 is 5.97 Å². The Morgan fingerprint density at radius 2 is 1.68 bits per heavy atom. The first-order chi connectivity index (χ1) is 13.6. The molecule has 6 heteroatoms. The van der Waals surface area contributed by atoms with Gasteiger partial charge in [0.25, 0.3) is 5.91 Å². The molecule has 0 radical (unpaired) electrons. The van der Waals surface area contributed by atoms with E-state index >= 15 is 0 Å². The van der Waals surface area contributed by atoms with Crippen molar-refractivity contribution < 1.29 is 19.1 Å². The fourth-order valence-corrected chi connectivity index (χ4v) is 3.68. The van der Waals surface area contributed by atoms with Gasteiger partial charge in [0, 0.05) is 16.5 Å². The predicted octanol–water partition coefficient (Wildman–Crippen LogP) is 5.24. The number of hydrogen-bond donors (Lipinski definition) is 1. The standard InChI is InChI=1S/C22H21NO4S/c1-3-26-17-12-10-15(11-13-17)18-14-28-21(19(18)22(25)27-4-2)23-20(24)16-8-6-5-7-9-16/h5-14H,3-4H2,1-2H3,(H,23,24). The molecule has 0 aliphatic rings. The second-order valence-corrected chi connectivity index (χ2v) is 6.73. The van der Waals surface area contributed by atoms with Crippen LogP contribution >= 0.6 is 11.3 Å². The number of rotatable bonds is 7. The number of anilines is 1. The SMILES string of the molecule is CCOC(=O)c1c(-c2ccc(OCC)cc2)csc1NC(=O)c1ccccc1. The van der Waals surface area contributed by atoms with Crippen LogP contribution in [0.5, 0.6) is 5.75 Å². The van der Waals surface area contributed by atoms with Crippen LogP contribution in [0, 0.1) is 0 Å². The highest BCUT2D eigenvalue weighted by Gasteiger charge is 2.23. The summed E-state index contributed by atoms with van der Waals surface area (Å²) < 4.78 is 10.7. The number of amides is 1. The van der Waals surface area contributed by atoms with Gasteiger partial charge in [0.05, 0.1) is 13.2 Å². The third-order valence-corrected chi connectivity index (χ3v) is 4.91. The summed E-state index contributed by atoms with van der Waals surface area (Å²) in [5.74, 6) is 0.0269. The van der Waals surface area contributed by atoms with Gasteiger partial charge in [0.15, 0.2) is 0 Å². The van der Waals surface area contributed by atoms with Crippen molar-refractivity contribution in [3.05, 3.63) is 71.1 Å². The number of carbonyl (C=O) groups excluding carboxylic acids is 2. The zero-order valence-electron chi connectivity index (χ0n) is 15.7. The largest absolute Gasteiger partial charge is 0.494 e. The highest BCUT2D eigenvalue weighted by atomic mass is 32.1. The summed E-state index contributed by atoms with van der Waals surface area (Å²) in [7, 11) is 0. The molecular weight excluding hydrogens is 374 g/mol. The first-order valence-electron chi connectivity index (χ1n) is 9.02. The van der Waals surface area contributed by atoms with Gasteiger partial charge in [-0.15, -0.1) is 11.3 Å². The second-order valence-electron chi connectivity index (χ2n) is 5.85. The van der Waals surface area contributed by atoms with Crippen LogP contribution < -0.4 is 10.1 Å². The Kier molecular flexibility index (Phi) is 6.45. The predicted molar refractivity (Wildman–Crippen MR) is 111 cm³/mol. The number of hydrogen-bond acceptors (Lipinski definition) is 5. The molecule has 5 nitrogen and oxygen atoms in total. The van der Waals surface area contributed by atoms with Crippen LogP contribution in [0.15, 0.2) is 60.0 Å². The molecule has 28 heavy (non-hydrogen) atoms. The number of benzene rings is 2. The van der Waals surface area contributed by atoms with Gasteiger partial charge in [-0.25, -0.2) is 4.79 Å². The minimum atomic E-state index is -0.462. The maximum absolute atomic E-state index is 12.6. The molecule has 0 saturated carbocycles. The lowest BCUT2D eigenvalue weighted by Crippen LogP contribution is -2.14. The van der Waals surface area contributed by atoms with E-state index in [2.05, 4.69) is 5.32 Å². The lowest BCUT2D eigenvalue weighted by Gasteiger charge is -2.09. The van der Waals surface area contributed by atoms with Gasteiger partial charge in [0.1, 0.15) is 16.3 Å². The molecule has 1 heterocycles. The lowest BCUT2D eigenvalue weighted by atomic mass is 10.0. The minimum Gasteiger partial charge on any atom is -0.494 e. The Hall–Kier alpha value is -3.12. The molecule has 0 aliphatic heterocycles. The summed E-state index contributed by atoms with van der Waals surface area (Å²) in [5, 5.41) is 5.16. The number of esters is 1. The quantitative estimate of drug-likeness (QED) is 0.556. The molecule has 1 aromatic heterocycles. The molecule has 2 aromatic carbocycles. The topological polar surface area (TPSA) is 64.6 Å². The molecule has 0 unspecified atom stereocenters. The van der Waals surface area contributed by atoms with E-state index in [-0.39, 0.29) is 12.5 Å². The van der Waals surface area contributed by atoms with E-state index in [4.69, 9.17) is 9.47 Å². The van der Waals surface area contributed by atoms with Crippen LogP contribution in [0.25, 0.3) is 11.1 Å². The summed E-state index contributed by atoms with van der Waals surface area (Å²) >= 11 is 1.30. The second kappa shape index (κ2) is 9.19. The molecule has 0 fully saturated rings. The van der Waals surface area contributed by atoms with Gasteiger partial charge < -0.3 is 14.8 Å². The van der Waals surface area contributed by atoms with Gasteiger partial charge in [-0.05, 0) is 43.7 Å². The van der Waals surface area contributed by atoms with Gasteiger partial charge in [0.2, 0.25) is 0 Å². The van der Waals surface area contributed by atoms with E-state index in [1.165, 1.54) is 11.3 Å². The molecule has 3 rings (SSSR count). The van der Waals surface area contributed by atoms with Gasteiger partial charge in [-0.1, -0.05) is 30.3 Å². The van der Waals surface area contributed by atoms with Crippen LogP contribution in [0.4, 0.5) is 5.00 Å². The number of carbonyl (C=O) groups is 2. The maximum Gasteiger partial charge on any atom is 0.341 e. The van der Waals surface area contributed by atoms with Crippen LogP contribution in [0.1, 0.15) is 34.6 Å². The van der Waals surface area contributed by atoms with E-state index in [0.29, 0.717) is 22.7 Å². The minimum absolute atomic E-state index is 0.253. The summed E-state index contributed by atoms with van der Waals surface area (Å²) in [4.78, 5) is 25.2. The number of nitrogens with one attached hydrogen (secondary N) is 1. The summed E-state index contributed by atoms with van der Waals surface area (Å²) in [6.07, 6.45) is 0. The normalized spacial score (nSPS) is 10.4. The van der Waals surface area contributed by atoms with Crippen LogP contribution in [0.3, 0.4) is 0 Å². The zero-order valence-corrected chi connectivity index (χ0v) is 16.5. The summed E-state index contributed by atoms with van der Waals surface area (Å²) in [5.41, 5.74) is 2.45. The third kappa shape index (κ3) is 4.40. The molecule has 3 aromatic rings. The average molecular weight is 395 g/mol. The highest BCUT2D eigenvalue weighted by molar-refractivity contribution is 7.15. The van der Waals surface area contributed by atoms with Gasteiger partial charge in [-0.3, -0.25) is 4.79 Å². The Morgan fingerprint density at radius 3 is 2.32 bits per heavy atom. The van der Waals surface area contributed by atoms with E-state index in [1.807, 2.05) is 42.6 Å². The summed E-state index contributed by atoms with van der Waals surface area (Å²) in [6.45, 7) is 4.52. The van der Waals surface area contributed by atoms with Crippen LogP contribution in [0.2, 0.25) is 0 Å². The van der Waals surface area contributed by atoms with Crippen molar-refractivity contribution in [1.29, 1.82) is 0 Å².